The molecule has 0 amide bonds. The minimum Gasteiger partial charge on any atom is -0.454 e. The molecule has 0 aliphatic carbocycles. The summed E-state index contributed by atoms with van der Waals surface area (Å²) in [6, 6.07) is 1.80. The van der Waals surface area contributed by atoms with Crippen LogP contribution >= 0.6 is 0 Å². The minimum absolute atomic E-state index is 0.107. The van der Waals surface area contributed by atoms with Crippen molar-refractivity contribution in [3.63, 3.8) is 0 Å². The van der Waals surface area contributed by atoms with Gasteiger partial charge in [-0.2, -0.15) is 0 Å². The number of carbonyl (C=O) groups excluding carboxylic acids is 1. The van der Waals surface area contributed by atoms with Gasteiger partial charge in [-0.1, -0.05) is 13.3 Å². The van der Waals surface area contributed by atoms with Crippen LogP contribution in [0.5, 0.6) is 0 Å². The highest BCUT2D eigenvalue weighted by atomic mass is 16.6. The van der Waals surface area contributed by atoms with Gasteiger partial charge in [0.1, 0.15) is 11.4 Å². The molecule has 1 aromatic heterocycles. The van der Waals surface area contributed by atoms with Crippen molar-refractivity contribution in [2.75, 3.05) is 18.5 Å². The van der Waals surface area contributed by atoms with Crippen molar-refractivity contribution in [2.24, 2.45) is 0 Å². The third-order valence-electron chi connectivity index (χ3n) is 2.46. The molecule has 1 rings (SSSR count). The highest BCUT2D eigenvalue weighted by molar-refractivity contribution is 5.85. The SMILES string of the molecule is CCCCN(C)c1ccnc(C(=O)OC(C)(C)C)n1. The van der Waals surface area contributed by atoms with Gasteiger partial charge in [-0.15, -0.1) is 0 Å². The average Bonchev–Trinajstić information content (AvgIpc) is 2.34. The van der Waals surface area contributed by atoms with Crippen molar-refractivity contribution in [3.05, 3.63) is 18.1 Å². The van der Waals surface area contributed by atoms with Gasteiger partial charge in [-0.3, -0.25) is 0 Å². The standard InChI is InChI=1S/C14H23N3O2/c1-6-7-10-17(5)11-8-9-15-12(16-11)13(18)19-14(2,3)4/h8-9H,6-7,10H2,1-5H3. The zero-order chi connectivity index (χ0) is 14.5. The summed E-state index contributed by atoms with van der Waals surface area (Å²) in [7, 11) is 1.96. The van der Waals surface area contributed by atoms with E-state index < -0.39 is 11.6 Å². The summed E-state index contributed by atoms with van der Waals surface area (Å²) in [4.78, 5) is 22.1. The fraction of sp³-hybridized carbons (Fsp3) is 0.643. The van der Waals surface area contributed by atoms with E-state index >= 15 is 0 Å². The molecule has 0 N–H and O–H groups in total. The molecule has 0 aromatic carbocycles. The smallest absolute Gasteiger partial charge is 0.376 e. The van der Waals surface area contributed by atoms with E-state index in [-0.39, 0.29) is 5.82 Å². The average molecular weight is 265 g/mol. The van der Waals surface area contributed by atoms with Gasteiger partial charge in [0.2, 0.25) is 5.82 Å². The first-order chi connectivity index (χ1) is 8.83. The Morgan fingerprint density at radius 1 is 1.42 bits per heavy atom. The third kappa shape index (κ3) is 5.24. The van der Waals surface area contributed by atoms with Crippen LogP contribution < -0.4 is 4.90 Å². The highest BCUT2D eigenvalue weighted by Crippen LogP contribution is 2.13. The van der Waals surface area contributed by atoms with E-state index in [4.69, 9.17) is 4.74 Å². The Morgan fingerprint density at radius 2 is 2.11 bits per heavy atom. The number of aromatic nitrogens is 2. The lowest BCUT2D eigenvalue weighted by Gasteiger charge is -2.20. The molecule has 0 bridgehead atoms. The molecule has 5 nitrogen and oxygen atoms in total. The van der Waals surface area contributed by atoms with Crippen LogP contribution in [0.25, 0.3) is 0 Å². The van der Waals surface area contributed by atoms with Crippen molar-refractivity contribution >= 4 is 11.8 Å². The first-order valence-electron chi connectivity index (χ1n) is 6.61. The number of nitrogens with zero attached hydrogens (tertiary/aromatic N) is 3. The van der Waals surface area contributed by atoms with Gasteiger partial charge in [0.15, 0.2) is 0 Å². The normalized spacial score (nSPS) is 11.2. The molecule has 0 saturated heterocycles. The Morgan fingerprint density at radius 3 is 2.68 bits per heavy atom. The molecule has 19 heavy (non-hydrogen) atoms. The lowest BCUT2D eigenvalue weighted by molar-refractivity contribution is 0.00556. The van der Waals surface area contributed by atoms with Gasteiger partial charge in [0.25, 0.3) is 0 Å². The molecule has 0 unspecified atom stereocenters. The van der Waals surface area contributed by atoms with E-state index in [2.05, 4.69) is 16.9 Å². The minimum atomic E-state index is -0.537. The first kappa shape index (κ1) is 15.4. The predicted octanol–water partition coefficient (Wildman–Crippen LogP) is 2.67. The van der Waals surface area contributed by atoms with E-state index in [1.165, 1.54) is 0 Å². The van der Waals surface area contributed by atoms with Crippen LogP contribution in [0.4, 0.5) is 5.82 Å². The molecule has 1 aromatic rings. The molecule has 0 spiro atoms. The monoisotopic (exact) mass is 265 g/mol. The van der Waals surface area contributed by atoms with Gasteiger partial charge >= 0.3 is 5.97 Å². The molecule has 0 atom stereocenters. The Balaban J connectivity index is 2.79. The summed E-state index contributed by atoms with van der Waals surface area (Å²) in [6.45, 7) is 8.51. The zero-order valence-electron chi connectivity index (χ0n) is 12.4. The van der Waals surface area contributed by atoms with Crippen molar-refractivity contribution in [1.29, 1.82) is 0 Å². The molecule has 0 radical (unpaired) electrons. The van der Waals surface area contributed by atoms with Crippen LogP contribution in [0.3, 0.4) is 0 Å². The number of esters is 1. The molecule has 106 valence electrons. The Hall–Kier alpha value is -1.65. The quantitative estimate of drug-likeness (QED) is 0.766. The van der Waals surface area contributed by atoms with E-state index in [1.807, 2.05) is 32.7 Å². The second-order valence-electron chi connectivity index (χ2n) is 5.52. The van der Waals surface area contributed by atoms with E-state index in [0.29, 0.717) is 0 Å². The molecule has 0 aliphatic heterocycles. The van der Waals surface area contributed by atoms with Gasteiger partial charge in [-0.05, 0) is 33.3 Å². The largest absolute Gasteiger partial charge is 0.454 e. The maximum Gasteiger partial charge on any atom is 0.376 e. The maximum atomic E-state index is 11.9. The summed E-state index contributed by atoms with van der Waals surface area (Å²) in [5.41, 5.74) is -0.537. The summed E-state index contributed by atoms with van der Waals surface area (Å²) >= 11 is 0. The summed E-state index contributed by atoms with van der Waals surface area (Å²) in [6.07, 6.45) is 3.79. The summed E-state index contributed by atoms with van der Waals surface area (Å²) in [5.74, 6) is 0.360. The van der Waals surface area contributed by atoms with Crippen LogP contribution in [0, 0.1) is 0 Å². The van der Waals surface area contributed by atoms with Crippen molar-refractivity contribution in [1.82, 2.24) is 9.97 Å². The lowest BCUT2D eigenvalue weighted by atomic mass is 10.2. The number of hydrogen-bond acceptors (Lipinski definition) is 5. The van der Waals surface area contributed by atoms with Crippen molar-refractivity contribution < 1.29 is 9.53 Å². The van der Waals surface area contributed by atoms with Gasteiger partial charge in [-0.25, -0.2) is 14.8 Å². The number of carbonyl (C=O) groups is 1. The van der Waals surface area contributed by atoms with Gasteiger partial charge in [0.05, 0.1) is 0 Å². The van der Waals surface area contributed by atoms with Crippen LogP contribution in [-0.4, -0.2) is 35.1 Å². The third-order valence-corrected chi connectivity index (χ3v) is 2.46. The van der Waals surface area contributed by atoms with Crippen molar-refractivity contribution in [2.45, 2.75) is 46.1 Å². The zero-order valence-corrected chi connectivity index (χ0v) is 12.4. The fourth-order valence-electron chi connectivity index (χ4n) is 1.49. The molecule has 0 fully saturated rings. The van der Waals surface area contributed by atoms with E-state index in [1.54, 1.807) is 12.3 Å². The predicted molar refractivity (Wildman–Crippen MR) is 75.4 cm³/mol. The Labute approximate surface area is 115 Å². The summed E-state index contributed by atoms with van der Waals surface area (Å²) in [5, 5.41) is 0. The molecule has 0 saturated carbocycles. The number of ether oxygens (including phenoxy) is 1. The second-order valence-corrected chi connectivity index (χ2v) is 5.52. The number of hydrogen-bond donors (Lipinski definition) is 0. The van der Waals surface area contributed by atoms with Gasteiger partial charge < -0.3 is 9.64 Å². The summed E-state index contributed by atoms with van der Waals surface area (Å²) < 4.78 is 5.26. The number of rotatable bonds is 5. The maximum absolute atomic E-state index is 11.9. The van der Waals surface area contributed by atoms with Crippen LogP contribution in [-0.2, 0) is 4.74 Å². The highest BCUT2D eigenvalue weighted by Gasteiger charge is 2.20. The molecule has 0 aliphatic rings. The van der Waals surface area contributed by atoms with E-state index in [0.717, 1.165) is 25.2 Å². The van der Waals surface area contributed by atoms with Crippen LogP contribution in [0.1, 0.15) is 51.2 Å². The lowest BCUT2D eigenvalue weighted by Crippen LogP contribution is -2.26. The fourth-order valence-corrected chi connectivity index (χ4v) is 1.49. The van der Waals surface area contributed by atoms with E-state index in [9.17, 15) is 4.79 Å². The van der Waals surface area contributed by atoms with Crippen LogP contribution in [0.15, 0.2) is 12.3 Å². The molecular formula is C14H23N3O2. The Kier molecular flexibility index (Phi) is 5.27. The number of anilines is 1. The van der Waals surface area contributed by atoms with Gasteiger partial charge in [0, 0.05) is 19.8 Å². The molecular weight excluding hydrogens is 242 g/mol. The molecule has 5 heteroatoms. The topological polar surface area (TPSA) is 55.3 Å². The van der Waals surface area contributed by atoms with Crippen LogP contribution in [0.2, 0.25) is 0 Å². The number of unbranched alkanes of at least 4 members (excludes halogenated alkanes) is 1. The second kappa shape index (κ2) is 6.50. The Bertz CT molecular complexity index is 427. The first-order valence-corrected chi connectivity index (χ1v) is 6.61. The molecule has 1 heterocycles. The van der Waals surface area contributed by atoms with Crippen molar-refractivity contribution in [3.8, 4) is 0 Å².